The fraction of sp³-hybridized carbons (Fsp3) is 0.182. The number of nitrogens with one attached hydrogen (secondary N) is 1. The van der Waals surface area contributed by atoms with Crippen molar-refractivity contribution >= 4 is 11.8 Å². The summed E-state index contributed by atoms with van der Waals surface area (Å²) in [6, 6.07) is 21.1. The molecule has 5 heteroatoms. The fourth-order valence-corrected chi connectivity index (χ4v) is 2.75. The van der Waals surface area contributed by atoms with Crippen LogP contribution in [0, 0.1) is 0 Å². The van der Waals surface area contributed by atoms with Gasteiger partial charge in [-0.25, -0.2) is 0 Å². The summed E-state index contributed by atoms with van der Waals surface area (Å²) in [5.41, 5.74) is 2.54. The zero-order valence-corrected chi connectivity index (χ0v) is 15.0. The quantitative estimate of drug-likeness (QED) is 0.666. The minimum Gasteiger partial charge on any atom is -0.472 e. The molecule has 0 radical (unpaired) electrons. The molecule has 3 rings (SSSR count). The summed E-state index contributed by atoms with van der Waals surface area (Å²) >= 11 is 0. The Morgan fingerprint density at radius 1 is 0.889 bits per heavy atom. The van der Waals surface area contributed by atoms with Crippen molar-refractivity contribution in [3.8, 4) is 0 Å². The van der Waals surface area contributed by atoms with Gasteiger partial charge in [0.1, 0.15) is 6.26 Å². The van der Waals surface area contributed by atoms with Crippen LogP contribution in [0.25, 0.3) is 0 Å². The van der Waals surface area contributed by atoms with E-state index >= 15 is 0 Å². The van der Waals surface area contributed by atoms with Gasteiger partial charge in [-0.3, -0.25) is 9.59 Å². The van der Waals surface area contributed by atoms with Crippen LogP contribution in [0.1, 0.15) is 27.9 Å². The van der Waals surface area contributed by atoms with E-state index in [1.807, 2.05) is 60.7 Å². The van der Waals surface area contributed by atoms with Crippen LogP contribution in [-0.2, 0) is 17.9 Å². The lowest BCUT2D eigenvalue weighted by molar-refractivity contribution is -0.121. The number of carbonyl (C=O) groups excluding carboxylic acids is 2. The molecule has 0 bridgehead atoms. The van der Waals surface area contributed by atoms with Crippen LogP contribution in [0.3, 0.4) is 0 Å². The van der Waals surface area contributed by atoms with Crippen molar-refractivity contribution in [1.82, 2.24) is 10.2 Å². The summed E-state index contributed by atoms with van der Waals surface area (Å²) in [7, 11) is 0. The second kappa shape index (κ2) is 9.38. The van der Waals surface area contributed by atoms with Crippen molar-refractivity contribution in [2.24, 2.45) is 0 Å². The number of nitrogens with zero attached hydrogens (tertiary/aromatic N) is 1. The first kappa shape index (κ1) is 18.5. The molecule has 5 nitrogen and oxygen atoms in total. The first-order chi connectivity index (χ1) is 13.2. The molecule has 0 saturated carbocycles. The van der Waals surface area contributed by atoms with Crippen molar-refractivity contribution in [3.63, 3.8) is 0 Å². The van der Waals surface area contributed by atoms with Gasteiger partial charge in [0.15, 0.2) is 0 Å². The summed E-state index contributed by atoms with van der Waals surface area (Å²) < 4.78 is 5.02. The van der Waals surface area contributed by atoms with Crippen LogP contribution < -0.4 is 5.32 Å². The van der Waals surface area contributed by atoms with E-state index in [0.717, 1.165) is 11.1 Å². The van der Waals surface area contributed by atoms with Crippen molar-refractivity contribution in [2.75, 3.05) is 6.54 Å². The highest BCUT2D eigenvalue weighted by atomic mass is 16.3. The Morgan fingerprint density at radius 3 is 2.19 bits per heavy atom. The summed E-state index contributed by atoms with van der Waals surface area (Å²) in [5, 5.41) is 2.90. The molecule has 1 heterocycles. The van der Waals surface area contributed by atoms with Gasteiger partial charge in [0.25, 0.3) is 5.91 Å². The maximum Gasteiger partial charge on any atom is 0.257 e. The molecule has 0 spiro atoms. The number of rotatable bonds is 8. The molecule has 27 heavy (non-hydrogen) atoms. The van der Waals surface area contributed by atoms with Crippen molar-refractivity contribution in [3.05, 3.63) is 95.9 Å². The predicted molar refractivity (Wildman–Crippen MR) is 103 cm³/mol. The van der Waals surface area contributed by atoms with Gasteiger partial charge in [-0.15, -0.1) is 0 Å². The van der Waals surface area contributed by atoms with Crippen LogP contribution in [0.15, 0.2) is 83.7 Å². The van der Waals surface area contributed by atoms with Crippen LogP contribution in [0.2, 0.25) is 0 Å². The summed E-state index contributed by atoms with van der Waals surface area (Å²) in [6.07, 6.45) is 3.14. The maximum absolute atomic E-state index is 12.7. The lowest BCUT2D eigenvalue weighted by Gasteiger charge is -2.22. The van der Waals surface area contributed by atoms with Gasteiger partial charge in [-0.2, -0.15) is 0 Å². The van der Waals surface area contributed by atoms with Gasteiger partial charge in [0, 0.05) is 26.1 Å². The van der Waals surface area contributed by atoms with Crippen LogP contribution >= 0.6 is 0 Å². The lowest BCUT2D eigenvalue weighted by atomic mass is 10.2. The third-order valence-corrected chi connectivity index (χ3v) is 4.21. The minimum absolute atomic E-state index is 0.0862. The van der Waals surface area contributed by atoms with Crippen LogP contribution in [0.5, 0.6) is 0 Å². The summed E-state index contributed by atoms with van der Waals surface area (Å²) in [5.74, 6) is -0.236. The van der Waals surface area contributed by atoms with E-state index in [2.05, 4.69) is 5.32 Å². The van der Waals surface area contributed by atoms with Crippen LogP contribution in [-0.4, -0.2) is 23.3 Å². The molecule has 2 aromatic carbocycles. The molecule has 0 aliphatic rings. The molecule has 1 N–H and O–H groups in total. The van der Waals surface area contributed by atoms with E-state index in [0.29, 0.717) is 25.2 Å². The molecule has 1 aromatic heterocycles. The van der Waals surface area contributed by atoms with E-state index in [1.165, 1.54) is 12.5 Å². The van der Waals surface area contributed by atoms with Crippen molar-refractivity contribution in [2.45, 2.75) is 19.5 Å². The third-order valence-electron chi connectivity index (χ3n) is 4.21. The molecular formula is C22H22N2O3. The Morgan fingerprint density at radius 2 is 1.56 bits per heavy atom. The Bertz CT molecular complexity index is 846. The largest absolute Gasteiger partial charge is 0.472 e. The monoisotopic (exact) mass is 362 g/mol. The van der Waals surface area contributed by atoms with Crippen molar-refractivity contribution in [1.29, 1.82) is 0 Å². The van der Waals surface area contributed by atoms with Gasteiger partial charge >= 0.3 is 0 Å². The highest BCUT2D eigenvalue weighted by Crippen LogP contribution is 2.11. The minimum atomic E-state index is -0.150. The average Bonchev–Trinajstić information content (AvgIpc) is 3.25. The maximum atomic E-state index is 12.7. The molecule has 0 atom stereocenters. The summed E-state index contributed by atoms with van der Waals surface area (Å²) in [4.78, 5) is 26.6. The van der Waals surface area contributed by atoms with Gasteiger partial charge in [-0.05, 0) is 17.2 Å². The molecule has 0 fully saturated rings. The summed E-state index contributed by atoms with van der Waals surface area (Å²) in [6.45, 7) is 1.25. The van der Waals surface area contributed by atoms with E-state index < -0.39 is 0 Å². The predicted octanol–water partition coefficient (Wildman–Crippen LogP) is 3.63. The highest BCUT2D eigenvalue weighted by molar-refractivity contribution is 5.94. The topological polar surface area (TPSA) is 62.6 Å². The van der Waals surface area contributed by atoms with E-state index in [-0.39, 0.29) is 18.2 Å². The molecular weight excluding hydrogens is 340 g/mol. The van der Waals surface area contributed by atoms with E-state index in [9.17, 15) is 9.59 Å². The molecule has 138 valence electrons. The van der Waals surface area contributed by atoms with Crippen molar-refractivity contribution < 1.29 is 14.0 Å². The number of amides is 2. The SMILES string of the molecule is O=C(CCN(Cc1ccccc1)C(=O)c1ccoc1)NCc1ccccc1. The zero-order valence-electron chi connectivity index (χ0n) is 15.0. The normalized spacial score (nSPS) is 10.4. The second-order valence-corrected chi connectivity index (χ2v) is 6.24. The number of hydrogen-bond acceptors (Lipinski definition) is 3. The number of benzene rings is 2. The molecule has 0 aliphatic heterocycles. The van der Waals surface area contributed by atoms with E-state index in [4.69, 9.17) is 4.42 Å². The smallest absolute Gasteiger partial charge is 0.257 e. The molecule has 2 amide bonds. The first-order valence-electron chi connectivity index (χ1n) is 8.88. The Balaban J connectivity index is 1.59. The number of hydrogen-bond donors (Lipinski definition) is 1. The number of furan rings is 1. The van der Waals surface area contributed by atoms with Gasteiger partial charge in [0.05, 0.1) is 11.8 Å². The Kier molecular flexibility index (Phi) is 6.41. The zero-order chi connectivity index (χ0) is 18.9. The Hall–Kier alpha value is -3.34. The van der Waals surface area contributed by atoms with Crippen LogP contribution in [0.4, 0.5) is 0 Å². The standard InChI is InChI=1S/C22H22N2O3/c25-21(23-15-18-7-3-1-4-8-18)11-13-24(16-19-9-5-2-6-10-19)22(26)20-12-14-27-17-20/h1-10,12,14,17H,11,13,15-16H2,(H,23,25). The first-order valence-corrected chi connectivity index (χ1v) is 8.88. The molecule has 0 aliphatic carbocycles. The Labute approximate surface area is 158 Å². The highest BCUT2D eigenvalue weighted by Gasteiger charge is 2.18. The van der Waals surface area contributed by atoms with Gasteiger partial charge in [-0.1, -0.05) is 60.7 Å². The average molecular weight is 362 g/mol. The lowest BCUT2D eigenvalue weighted by Crippen LogP contribution is -2.34. The molecule has 3 aromatic rings. The molecule has 0 saturated heterocycles. The van der Waals surface area contributed by atoms with Gasteiger partial charge < -0.3 is 14.6 Å². The van der Waals surface area contributed by atoms with E-state index in [1.54, 1.807) is 11.0 Å². The molecule has 0 unspecified atom stereocenters. The third kappa shape index (κ3) is 5.57. The van der Waals surface area contributed by atoms with Gasteiger partial charge in [0.2, 0.25) is 5.91 Å². The fourth-order valence-electron chi connectivity index (χ4n) is 2.75. The second-order valence-electron chi connectivity index (χ2n) is 6.24. The number of carbonyl (C=O) groups is 2.